The number of carboxylic acids is 1. The Kier molecular flexibility index (Phi) is 2.43. The molecule has 0 bridgehead atoms. The number of aliphatic carboxylic acids is 1. The summed E-state index contributed by atoms with van der Waals surface area (Å²) in [6.07, 6.45) is 1.14. The first kappa shape index (κ1) is 9.53. The van der Waals surface area contributed by atoms with Crippen molar-refractivity contribution in [2.75, 3.05) is 0 Å². The van der Waals surface area contributed by atoms with Gasteiger partial charge in [0.15, 0.2) is 5.01 Å². The molecule has 0 aromatic carbocycles. The zero-order chi connectivity index (χ0) is 9.35. The number of hydrogen-bond acceptors (Lipinski definition) is 3. The zero-order valence-corrected chi connectivity index (χ0v) is 7.82. The number of halogens is 3. The van der Waals surface area contributed by atoms with Crippen LogP contribution in [0.4, 0.5) is 8.78 Å². The molecule has 12 heavy (non-hydrogen) atoms. The van der Waals surface area contributed by atoms with Crippen LogP contribution in [-0.4, -0.2) is 16.1 Å². The fraction of sp³-hybridized carbons (Fsp3) is 0.200. The van der Waals surface area contributed by atoms with E-state index in [-0.39, 0.29) is 0 Å². The Morgan fingerprint density at radius 1 is 1.75 bits per heavy atom. The van der Waals surface area contributed by atoms with E-state index in [0.29, 0.717) is 15.1 Å². The highest BCUT2D eigenvalue weighted by Crippen LogP contribution is 2.33. The largest absolute Gasteiger partial charge is 0.476 e. The number of thiazole rings is 1. The summed E-state index contributed by atoms with van der Waals surface area (Å²) in [6, 6.07) is 0. The lowest BCUT2D eigenvalue weighted by molar-refractivity contribution is -0.166. The van der Waals surface area contributed by atoms with Crippen molar-refractivity contribution < 1.29 is 18.7 Å². The third-order valence-electron chi connectivity index (χ3n) is 1.01. The van der Waals surface area contributed by atoms with Gasteiger partial charge < -0.3 is 5.11 Å². The van der Waals surface area contributed by atoms with Crippen LogP contribution in [0, 0.1) is 0 Å². The summed E-state index contributed by atoms with van der Waals surface area (Å²) in [5, 5.41) is 7.38. The van der Waals surface area contributed by atoms with E-state index in [1.807, 2.05) is 0 Å². The Morgan fingerprint density at radius 3 is 2.67 bits per heavy atom. The fourth-order valence-corrected chi connectivity index (χ4v) is 1.66. The zero-order valence-electron chi connectivity index (χ0n) is 5.42. The second kappa shape index (κ2) is 3.06. The minimum Gasteiger partial charge on any atom is -0.476 e. The van der Waals surface area contributed by atoms with Crippen molar-refractivity contribution in [3.05, 3.63) is 15.0 Å². The summed E-state index contributed by atoms with van der Waals surface area (Å²) in [7, 11) is 0. The lowest BCUT2D eigenvalue weighted by atomic mass is 10.4. The van der Waals surface area contributed by atoms with Crippen LogP contribution < -0.4 is 0 Å². The summed E-state index contributed by atoms with van der Waals surface area (Å²) >= 11 is 3.50. The highest BCUT2D eigenvalue weighted by Gasteiger charge is 2.44. The molecular formula is C5H2BrF2NO2S. The van der Waals surface area contributed by atoms with Gasteiger partial charge in [0, 0.05) is 0 Å². The number of carboxylic acid groups (broad SMARTS) is 1. The Balaban J connectivity index is 3.05. The molecule has 1 aromatic heterocycles. The minimum atomic E-state index is -3.89. The van der Waals surface area contributed by atoms with Gasteiger partial charge in [-0.1, -0.05) is 0 Å². The molecule has 3 nitrogen and oxygen atoms in total. The van der Waals surface area contributed by atoms with Gasteiger partial charge in [-0.05, 0) is 15.9 Å². The van der Waals surface area contributed by atoms with Crippen molar-refractivity contribution in [1.29, 1.82) is 0 Å². The van der Waals surface area contributed by atoms with E-state index in [0.717, 1.165) is 6.20 Å². The van der Waals surface area contributed by atoms with E-state index in [1.54, 1.807) is 0 Å². The quantitative estimate of drug-likeness (QED) is 0.883. The molecule has 0 atom stereocenters. The Labute approximate surface area is 78.2 Å². The molecule has 1 heterocycles. The van der Waals surface area contributed by atoms with Crippen LogP contribution in [0.2, 0.25) is 0 Å². The van der Waals surface area contributed by atoms with Gasteiger partial charge in [0.25, 0.3) is 0 Å². The van der Waals surface area contributed by atoms with Crippen molar-refractivity contribution >= 4 is 33.2 Å². The highest BCUT2D eigenvalue weighted by molar-refractivity contribution is 9.11. The molecule has 7 heteroatoms. The second-order valence-corrected chi connectivity index (χ2v) is 4.26. The third-order valence-corrected chi connectivity index (χ3v) is 2.56. The van der Waals surface area contributed by atoms with E-state index >= 15 is 0 Å². The molecule has 0 aliphatic carbocycles. The van der Waals surface area contributed by atoms with Gasteiger partial charge in [-0.2, -0.15) is 8.78 Å². The second-order valence-electron chi connectivity index (χ2n) is 1.85. The lowest BCUT2D eigenvalue weighted by Gasteiger charge is -2.05. The van der Waals surface area contributed by atoms with E-state index in [4.69, 9.17) is 5.11 Å². The van der Waals surface area contributed by atoms with Crippen LogP contribution in [0.5, 0.6) is 0 Å². The summed E-state index contributed by atoms with van der Waals surface area (Å²) in [5.74, 6) is -6.08. The molecule has 0 amide bonds. The predicted octanol–water partition coefficient (Wildman–Crippen LogP) is 2.08. The number of nitrogens with zero attached hydrogens (tertiary/aromatic N) is 1. The van der Waals surface area contributed by atoms with E-state index in [9.17, 15) is 13.6 Å². The third kappa shape index (κ3) is 1.61. The molecule has 1 N–H and O–H groups in total. The molecule has 0 fully saturated rings. The number of alkyl halides is 2. The molecular weight excluding hydrogens is 256 g/mol. The number of carbonyl (C=O) groups is 1. The molecule has 0 saturated heterocycles. The summed E-state index contributed by atoms with van der Waals surface area (Å²) in [6.45, 7) is 0. The first-order chi connectivity index (χ1) is 5.44. The maximum Gasteiger partial charge on any atom is 0.393 e. The van der Waals surface area contributed by atoms with Crippen molar-refractivity contribution in [3.63, 3.8) is 0 Å². The van der Waals surface area contributed by atoms with Crippen molar-refractivity contribution in [2.24, 2.45) is 0 Å². The van der Waals surface area contributed by atoms with Crippen LogP contribution in [-0.2, 0) is 10.7 Å². The van der Waals surface area contributed by atoms with E-state index in [2.05, 4.69) is 20.9 Å². The van der Waals surface area contributed by atoms with E-state index in [1.165, 1.54) is 0 Å². The van der Waals surface area contributed by atoms with Gasteiger partial charge >= 0.3 is 11.9 Å². The maximum atomic E-state index is 12.6. The van der Waals surface area contributed by atoms with Crippen LogP contribution in [0.1, 0.15) is 5.01 Å². The van der Waals surface area contributed by atoms with Crippen LogP contribution in [0.3, 0.4) is 0 Å². The normalized spacial score (nSPS) is 11.6. The fourth-order valence-electron chi connectivity index (χ4n) is 0.491. The standard InChI is InChI=1S/C5H2BrF2NO2S/c6-2-1-9-3(12-2)5(7,8)4(10)11/h1H,(H,10,11). The molecule has 0 aliphatic heterocycles. The smallest absolute Gasteiger partial charge is 0.393 e. The number of aromatic nitrogens is 1. The van der Waals surface area contributed by atoms with Crippen molar-refractivity contribution in [1.82, 2.24) is 4.98 Å². The number of hydrogen-bond donors (Lipinski definition) is 1. The van der Waals surface area contributed by atoms with Gasteiger partial charge in [0.2, 0.25) is 0 Å². The van der Waals surface area contributed by atoms with Gasteiger partial charge in [0.05, 0.1) is 9.98 Å². The maximum absolute atomic E-state index is 12.6. The molecule has 0 spiro atoms. The first-order valence-electron chi connectivity index (χ1n) is 2.67. The summed E-state index contributed by atoms with van der Waals surface area (Å²) in [5.41, 5.74) is 0. The van der Waals surface area contributed by atoms with Gasteiger partial charge in [-0.3, -0.25) is 0 Å². The molecule has 0 radical (unpaired) electrons. The van der Waals surface area contributed by atoms with Gasteiger partial charge in [-0.25, -0.2) is 9.78 Å². The van der Waals surface area contributed by atoms with Crippen molar-refractivity contribution in [3.8, 4) is 0 Å². The SMILES string of the molecule is O=C(O)C(F)(F)c1ncc(Br)s1. The molecule has 1 rings (SSSR count). The Bertz CT molecular complexity index is 314. The minimum absolute atomic E-state index is 0.374. The number of rotatable bonds is 2. The molecule has 0 aliphatic rings. The topological polar surface area (TPSA) is 50.2 Å². The van der Waals surface area contributed by atoms with Crippen LogP contribution >= 0.6 is 27.3 Å². The van der Waals surface area contributed by atoms with Crippen LogP contribution in [0.25, 0.3) is 0 Å². The molecule has 66 valence electrons. The molecule has 0 saturated carbocycles. The summed E-state index contributed by atoms with van der Waals surface area (Å²) in [4.78, 5) is 13.3. The first-order valence-corrected chi connectivity index (χ1v) is 4.28. The average molecular weight is 258 g/mol. The molecule has 1 aromatic rings. The Morgan fingerprint density at radius 2 is 2.33 bits per heavy atom. The Hall–Kier alpha value is -0.560. The van der Waals surface area contributed by atoms with Crippen LogP contribution in [0.15, 0.2) is 9.98 Å². The van der Waals surface area contributed by atoms with Gasteiger partial charge in [0.1, 0.15) is 0 Å². The average Bonchev–Trinajstić information content (AvgIpc) is 2.35. The predicted molar refractivity (Wildman–Crippen MR) is 41.3 cm³/mol. The van der Waals surface area contributed by atoms with Gasteiger partial charge in [-0.15, -0.1) is 11.3 Å². The monoisotopic (exact) mass is 257 g/mol. The highest BCUT2D eigenvalue weighted by atomic mass is 79.9. The molecule has 0 unspecified atom stereocenters. The van der Waals surface area contributed by atoms with E-state index < -0.39 is 16.9 Å². The lowest BCUT2D eigenvalue weighted by Crippen LogP contribution is -2.24. The summed E-state index contributed by atoms with van der Waals surface area (Å²) < 4.78 is 25.6. The van der Waals surface area contributed by atoms with Crippen molar-refractivity contribution in [2.45, 2.75) is 5.92 Å².